The van der Waals surface area contributed by atoms with Crippen molar-refractivity contribution in [2.45, 2.75) is 31.4 Å². The number of nitrogens with one attached hydrogen (secondary N) is 2. The minimum atomic E-state index is -0.474. The summed E-state index contributed by atoms with van der Waals surface area (Å²) < 4.78 is 19.7. The monoisotopic (exact) mass is 448 g/mol. The van der Waals surface area contributed by atoms with Crippen molar-refractivity contribution in [2.24, 2.45) is 0 Å². The number of alkyl carbamates (subject to hydrolysis) is 1. The number of amides is 1. The smallest absolute Gasteiger partial charge is 0.407 e. The first-order valence-electron chi connectivity index (χ1n) is 9.16. The van der Waals surface area contributed by atoms with Crippen LogP contribution in [0.1, 0.15) is 37.0 Å². The van der Waals surface area contributed by atoms with Gasteiger partial charge in [0, 0.05) is 16.6 Å². The maximum absolute atomic E-state index is 13.3. The second-order valence-corrected chi connectivity index (χ2v) is 7.52. The number of benzene rings is 2. The first kappa shape index (κ1) is 22.1. The summed E-state index contributed by atoms with van der Waals surface area (Å²) in [5.41, 5.74) is 1.41. The molecule has 0 heterocycles. The molecule has 0 saturated carbocycles. The maximum Gasteiger partial charge on any atom is 0.407 e. The van der Waals surface area contributed by atoms with Crippen LogP contribution in [0.25, 0.3) is 0 Å². The van der Waals surface area contributed by atoms with Crippen LogP contribution in [0, 0.1) is 5.82 Å². The number of hydrogen-bond acceptors (Lipinski definition) is 3. The number of carbonyl (C=O) groups excluding carboxylic acids is 1. The van der Waals surface area contributed by atoms with Crippen LogP contribution >= 0.6 is 15.9 Å². The molecule has 0 unspecified atom stereocenters. The molecule has 0 aliphatic carbocycles. The lowest BCUT2D eigenvalue weighted by Crippen LogP contribution is -2.43. The van der Waals surface area contributed by atoms with Gasteiger partial charge in [-0.2, -0.15) is 0 Å². The first-order chi connectivity index (χ1) is 13.4. The van der Waals surface area contributed by atoms with Gasteiger partial charge in [0.15, 0.2) is 0 Å². The highest BCUT2D eigenvalue weighted by atomic mass is 79.9. The van der Waals surface area contributed by atoms with Gasteiger partial charge in [-0.3, -0.25) is 0 Å². The van der Waals surface area contributed by atoms with E-state index in [1.54, 1.807) is 12.1 Å². The van der Waals surface area contributed by atoms with Crippen LogP contribution in [0.4, 0.5) is 9.18 Å². The van der Waals surface area contributed by atoms with Crippen molar-refractivity contribution in [2.75, 3.05) is 13.6 Å². The Kier molecular flexibility index (Phi) is 8.20. The summed E-state index contributed by atoms with van der Waals surface area (Å²) in [5, 5.41) is 6.11. The molecular formula is C22H26BrFN2O2. The molecule has 0 saturated heterocycles. The molecule has 0 spiro atoms. The summed E-state index contributed by atoms with van der Waals surface area (Å²) in [6.07, 6.45) is 2.23. The van der Waals surface area contributed by atoms with Crippen LogP contribution in [0.5, 0.6) is 0 Å². The Morgan fingerprint density at radius 2 is 1.89 bits per heavy atom. The number of halogens is 2. The van der Waals surface area contributed by atoms with Crippen molar-refractivity contribution in [3.05, 3.63) is 82.6 Å². The van der Waals surface area contributed by atoms with Crippen molar-refractivity contribution in [1.82, 2.24) is 10.6 Å². The third-order valence-corrected chi connectivity index (χ3v) is 5.34. The molecule has 28 heavy (non-hydrogen) atoms. The van der Waals surface area contributed by atoms with E-state index in [0.29, 0.717) is 19.4 Å². The maximum atomic E-state index is 13.3. The van der Waals surface area contributed by atoms with E-state index in [-0.39, 0.29) is 11.9 Å². The molecule has 0 bridgehead atoms. The molecule has 0 aromatic heterocycles. The summed E-state index contributed by atoms with van der Waals surface area (Å²) in [6, 6.07) is 14.0. The molecular weight excluding hydrogens is 423 g/mol. The lowest BCUT2D eigenvalue weighted by atomic mass is 9.83. The molecule has 150 valence electrons. The number of rotatable bonds is 9. The Hall–Kier alpha value is -2.18. The highest BCUT2D eigenvalue weighted by Crippen LogP contribution is 2.29. The molecule has 2 rings (SSSR count). The van der Waals surface area contributed by atoms with Gasteiger partial charge in [0.1, 0.15) is 11.9 Å². The van der Waals surface area contributed by atoms with E-state index in [9.17, 15) is 9.18 Å². The summed E-state index contributed by atoms with van der Waals surface area (Å²) >= 11 is 3.39. The van der Waals surface area contributed by atoms with Crippen molar-refractivity contribution < 1.29 is 13.9 Å². The molecule has 2 atom stereocenters. The van der Waals surface area contributed by atoms with Gasteiger partial charge in [-0.05, 0) is 62.2 Å². The van der Waals surface area contributed by atoms with E-state index in [0.717, 1.165) is 15.6 Å². The van der Waals surface area contributed by atoms with Crippen LogP contribution < -0.4 is 10.6 Å². The normalized spacial score (nSPS) is 14.0. The third-order valence-electron chi connectivity index (χ3n) is 4.81. The first-order valence-corrected chi connectivity index (χ1v) is 9.95. The fourth-order valence-corrected chi connectivity index (χ4v) is 3.40. The summed E-state index contributed by atoms with van der Waals surface area (Å²) in [7, 11) is 1.85. The van der Waals surface area contributed by atoms with E-state index in [2.05, 4.69) is 33.1 Å². The number of hydrogen-bond donors (Lipinski definition) is 2. The van der Waals surface area contributed by atoms with Gasteiger partial charge in [-0.15, -0.1) is 6.58 Å². The van der Waals surface area contributed by atoms with Gasteiger partial charge in [0.25, 0.3) is 0 Å². The molecule has 1 amide bonds. The van der Waals surface area contributed by atoms with E-state index in [4.69, 9.17) is 4.74 Å². The van der Waals surface area contributed by atoms with Gasteiger partial charge in [-0.25, -0.2) is 9.18 Å². The predicted molar refractivity (Wildman–Crippen MR) is 114 cm³/mol. The molecule has 2 N–H and O–H groups in total. The van der Waals surface area contributed by atoms with Crippen LogP contribution in [0.15, 0.2) is 65.7 Å². The van der Waals surface area contributed by atoms with Crippen LogP contribution in [-0.4, -0.2) is 19.7 Å². The number of carbonyl (C=O) groups is 1. The zero-order valence-electron chi connectivity index (χ0n) is 16.2. The topological polar surface area (TPSA) is 50.4 Å². The van der Waals surface area contributed by atoms with Crippen molar-refractivity contribution >= 4 is 22.0 Å². The lowest BCUT2D eigenvalue weighted by Gasteiger charge is -2.33. The molecule has 2 aromatic rings. The Balaban J connectivity index is 1.95. The molecule has 0 fully saturated rings. The molecule has 0 aliphatic rings. The van der Waals surface area contributed by atoms with E-state index in [1.165, 1.54) is 12.1 Å². The van der Waals surface area contributed by atoms with Gasteiger partial charge in [0.2, 0.25) is 0 Å². The van der Waals surface area contributed by atoms with Gasteiger partial charge in [-0.1, -0.05) is 46.3 Å². The zero-order chi connectivity index (χ0) is 20.6. The minimum absolute atomic E-state index is 0.281. The van der Waals surface area contributed by atoms with Crippen LogP contribution in [0.2, 0.25) is 0 Å². The lowest BCUT2D eigenvalue weighted by molar-refractivity contribution is 0.106. The highest BCUT2D eigenvalue weighted by molar-refractivity contribution is 9.10. The largest absolute Gasteiger partial charge is 0.442 e. The molecule has 2 aromatic carbocycles. The molecule has 0 aliphatic heterocycles. The standard InChI is InChI=1S/C22H26BrFN2O2/c1-4-13-22(25-3,18-7-11-20(24)12-8-18)14-15-26-21(27)28-16(2)17-5-9-19(23)10-6-17/h4-12,16,25H,1,13-15H2,2-3H3,(H,26,27)/t16-,22-/m0/s1. The fraction of sp³-hybridized carbons (Fsp3) is 0.318. The average molecular weight is 449 g/mol. The highest BCUT2D eigenvalue weighted by Gasteiger charge is 2.29. The van der Waals surface area contributed by atoms with E-state index < -0.39 is 11.6 Å². The second kappa shape index (κ2) is 10.4. The van der Waals surface area contributed by atoms with Crippen molar-refractivity contribution in [3.8, 4) is 0 Å². The SMILES string of the molecule is C=CC[C@@](CCNC(=O)O[C@@H](C)c1ccc(Br)cc1)(NC)c1ccc(F)cc1. The zero-order valence-corrected chi connectivity index (χ0v) is 17.8. The predicted octanol–water partition coefficient (Wildman–Crippen LogP) is 5.46. The fourth-order valence-electron chi connectivity index (χ4n) is 3.13. The minimum Gasteiger partial charge on any atom is -0.442 e. The Bertz CT molecular complexity index is 780. The van der Waals surface area contributed by atoms with E-state index in [1.807, 2.05) is 44.3 Å². The van der Waals surface area contributed by atoms with Crippen LogP contribution in [0.3, 0.4) is 0 Å². The summed E-state index contributed by atoms with van der Waals surface area (Å²) in [5.74, 6) is -0.281. The Morgan fingerprint density at radius 1 is 1.25 bits per heavy atom. The summed E-state index contributed by atoms with van der Waals surface area (Å²) in [6.45, 7) is 6.06. The third kappa shape index (κ3) is 5.91. The molecule has 6 heteroatoms. The average Bonchev–Trinajstić information content (AvgIpc) is 2.68. The van der Waals surface area contributed by atoms with Gasteiger partial charge >= 0.3 is 6.09 Å². The van der Waals surface area contributed by atoms with Crippen molar-refractivity contribution in [1.29, 1.82) is 0 Å². The second-order valence-electron chi connectivity index (χ2n) is 6.61. The number of ether oxygens (including phenoxy) is 1. The Morgan fingerprint density at radius 3 is 2.46 bits per heavy atom. The van der Waals surface area contributed by atoms with E-state index >= 15 is 0 Å². The van der Waals surface area contributed by atoms with Gasteiger partial charge in [0.05, 0.1) is 0 Å². The molecule has 4 nitrogen and oxygen atoms in total. The van der Waals surface area contributed by atoms with Crippen molar-refractivity contribution in [3.63, 3.8) is 0 Å². The summed E-state index contributed by atoms with van der Waals surface area (Å²) in [4.78, 5) is 12.2. The quantitative estimate of drug-likeness (QED) is 0.500. The van der Waals surface area contributed by atoms with Crippen LogP contribution in [-0.2, 0) is 10.3 Å². The molecule has 0 radical (unpaired) electrons. The Labute approximate surface area is 174 Å². The van der Waals surface area contributed by atoms with Gasteiger partial charge < -0.3 is 15.4 Å².